The van der Waals surface area contributed by atoms with Crippen LogP contribution in [0.3, 0.4) is 0 Å². The lowest BCUT2D eigenvalue weighted by molar-refractivity contribution is 1.27. The fourth-order valence-electron chi connectivity index (χ4n) is 5.93. The number of benzene rings is 5. The molecule has 0 aliphatic heterocycles. The van der Waals surface area contributed by atoms with Gasteiger partial charge in [-0.3, -0.25) is 9.97 Å². The monoisotopic (exact) mass is 512 g/mol. The average Bonchev–Trinajstić information content (AvgIpc) is 3.00. The number of rotatable bonds is 4. The van der Waals surface area contributed by atoms with Crippen LogP contribution in [0.2, 0.25) is 0 Å². The minimum atomic E-state index is 1.14. The van der Waals surface area contributed by atoms with Crippen molar-refractivity contribution < 1.29 is 0 Å². The third kappa shape index (κ3) is 4.15. The molecule has 0 fully saturated rings. The van der Waals surface area contributed by atoms with Crippen LogP contribution < -0.4 is 0 Å². The Morgan fingerprint density at radius 2 is 1.02 bits per heavy atom. The molecule has 0 aliphatic rings. The van der Waals surface area contributed by atoms with Crippen LogP contribution in [0.5, 0.6) is 0 Å². The van der Waals surface area contributed by atoms with Gasteiger partial charge in [-0.2, -0.15) is 0 Å². The summed E-state index contributed by atoms with van der Waals surface area (Å²) in [6.07, 6.45) is 7.63. The van der Waals surface area contributed by atoms with Crippen LogP contribution in [0.4, 0.5) is 0 Å². The maximum Gasteiger partial charge on any atom is 0.0346 e. The third-order valence-corrected chi connectivity index (χ3v) is 7.80. The van der Waals surface area contributed by atoms with Gasteiger partial charge in [-0.25, -0.2) is 0 Å². The Labute approximate surface area is 234 Å². The summed E-state index contributed by atoms with van der Waals surface area (Å²) in [5, 5.41) is 5.02. The molecule has 0 unspecified atom stereocenters. The number of aromatic nitrogens is 2. The molecule has 2 heterocycles. The van der Waals surface area contributed by atoms with E-state index in [-0.39, 0.29) is 0 Å². The average molecular weight is 513 g/mol. The quantitative estimate of drug-likeness (QED) is 0.219. The highest BCUT2D eigenvalue weighted by Gasteiger charge is 2.17. The van der Waals surface area contributed by atoms with E-state index in [1.165, 1.54) is 66.1 Å². The lowest BCUT2D eigenvalue weighted by Gasteiger charge is -2.18. The number of hydrogen-bond acceptors (Lipinski definition) is 2. The van der Waals surface area contributed by atoms with Crippen molar-refractivity contribution in [2.75, 3.05) is 0 Å². The molecule has 0 aliphatic carbocycles. The van der Waals surface area contributed by atoms with Crippen LogP contribution in [-0.4, -0.2) is 9.97 Å². The molecule has 0 amide bonds. The molecule has 0 bridgehead atoms. The van der Waals surface area contributed by atoms with Crippen LogP contribution in [0.25, 0.3) is 66.1 Å². The molecule has 40 heavy (non-hydrogen) atoms. The summed E-state index contributed by atoms with van der Waals surface area (Å²) in [5.41, 5.74) is 12.0. The zero-order chi connectivity index (χ0) is 27.1. The lowest BCUT2D eigenvalue weighted by atomic mass is 9.85. The van der Waals surface area contributed by atoms with Crippen LogP contribution in [-0.2, 0) is 0 Å². The Kier molecular flexibility index (Phi) is 5.94. The first-order valence-electron chi connectivity index (χ1n) is 13.6. The van der Waals surface area contributed by atoms with E-state index in [1.54, 1.807) is 0 Å². The largest absolute Gasteiger partial charge is 0.264 e. The van der Waals surface area contributed by atoms with Gasteiger partial charge in [-0.05, 0) is 104 Å². The molecule has 0 saturated heterocycles. The van der Waals surface area contributed by atoms with Crippen LogP contribution in [0.1, 0.15) is 11.1 Å². The van der Waals surface area contributed by atoms with Gasteiger partial charge in [0.1, 0.15) is 0 Å². The second-order valence-corrected chi connectivity index (χ2v) is 10.4. The minimum absolute atomic E-state index is 1.14. The van der Waals surface area contributed by atoms with Crippen molar-refractivity contribution in [2.24, 2.45) is 0 Å². The summed E-state index contributed by atoms with van der Waals surface area (Å²) in [5.74, 6) is 0. The first-order valence-corrected chi connectivity index (χ1v) is 13.6. The lowest BCUT2D eigenvalue weighted by Crippen LogP contribution is -1.91. The SMILES string of the molecule is Cc1cncc(-c2cccc(-c3c4ccccc4c(-c4ccc(-c5ccncc5C)cc4)c4ccccc34)c2)c1. The van der Waals surface area contributed by atoms with E-state index in [0.29, 0.717) is 0 Å². The van der Waals surface area contributed by atoms with Crippen LogP contribution in [0, 0.1) is 13.8 Å². The Balaban J connectivity index is 1.45. The Morgan fingerprint density at radius 1 is 0.425 bits per heavy atom. The van der Waals surface area contributed by atoms with Crippen LogP contribution >= 0.6 is 0 Å². The predicted molar refractivity (Wildman–Crippen MR) is 168 cm³/mol. The first kappa shape index (κ1) is 24.0. The van der Waals surface area contributed by atoms with Gasteiger partial charge in [-0.15, -0.1) is 0 Å². The van der Waals surface area contributed by atoms with E-state index >= 15 is 0 Å². The molecule has 0 atom stereocenters. The number of hydrogen-bond donors (Lipinski definition) is 0. The van der Waals surface area contributed by atoms with E-state index < -0.39 is 0 Å². The summed E-state index contributed by atoms with van der Waals surface area (Å²) >= 11 is 0. The normalized spacial score (nSPS) is 11.2. The molecule has 0 N–H and O–H groups in total. The van der Waals surface area contributed by atoms with Crippen LogP contribution in [0.15, 0.2) is 134 Å². The molecule has 7 rings (SSSR count). The molecule has 0 radical (unpaired) electrons. The topological polar surface area (TPSA) is 25.8 Å². The molecule has 0 saturated carbocycles. The van der Waals surface area contributed by atoms with Crippen molar-refractivity contribution in [2.45, 2.75) is 13.8 Å². The number of nitrogens with zero attached hydrogens (tertiary/aromatic N) is 2. The Hall–Kier alpha value is -5.08. The molecule has 190 valence electrons. The smallest absolute Gasteiger partial charge is 0.0346 e. The predicted octanol–water partition coefficient (Wildman–Crippen LogP) is 10.1. The van der Waals surface area contributed by atoms with Gasteiger partial charge in [0.05, 0.1) is 0 Å². The minimum Gasteiger partial charge on any atom is -0.264 e. The van der Waals surface area contributed by atoms with E-state index in [9.17, 15) is 0 Å². The van der Waals surface area contributed by atoms with Gasteiger partial charge >= 0.3 is 0 Å². The molecular formula is C38H28N2. The van der Waals surface area contributed by atoms with Gasteiger partial charge in [0.25, 0.3) is 0 Å². The van der Waals surface area contributed by atoms with E-state index in [2.05, 4.69) is 133 Å². The standard InChI is InChI=1S/C38H28N2/c1-25-20-31(24-40-22-25)29-8-7-9-30(21-29)38-35-12-5-3-10-33(35)37(34-11-4-6-13-36(34)38)28-16-14-27(15-17-28)32-18-19-39-23-26(32)2/h3-24H,1-2H3. The highest BCUT2D eigenvalue weighted by Crippen LogP contribution is 2.44. The number of pyridine rings is 2. The van der Waals surface area contributed by atoms with E-state index in [4.69, 9.17) is 0 Å². The van der Waals surface area contributed by atoms with Crippen molar-refractivity contribution in [1.82, 2.24) is 9.97 Å². The summed E-state index contributed by atoms with van der Waals surface area (Å²) in [6, 6.07) is 39.7. The second kappa shape index (κ2) is 9.91. The van der Waals surface area contributed by atoms with Gasteiger partial charge in [0.15, 0.2) is 0 Å². The zero-order valence-corrected chi connectivity index (χ0v) is 22.6. The van der Waals surface area contributed by atoms with Crippen molar-refractivity contribution in [3.8, 4) is 44.5 Å². The zero-order valence-electron chi connectivity index (χ0n) is 22.6. The molecule has 2 aromatic heterocycles. The van der Waals surface area contributed by atoms with E-state index in [0.717, 1.165) is 11.1 Å². The molecule has 5 aromatic carbocycles. The highest BCUT2D eigenvalue weighted by atomic mass is 14.6. The van der Waals surface area contributed by atoms with Gasteiger partial charge in [0.2, 0.25) is 0 Å². The van der Waals surface area contributed by atoms with Crippen molar-refractivity contribution >= 4 is 21.5 Å². The fraction of sp³-hybridized carbons (Fsp3) is 0.0526. The fourth-order valence-corrected chi connectivity index (χ4v) is 5.93. The summed E-state index contributed by atoms with van der Waals surface area (Å²) in [6.45, 7) is 4.20. The molecule has 2 heteroatoms. The summed E-state index contributed by atoms with van der Waals surface area (Å²) in [4.78, 5) is 8.70. The van der Waals surface area contributed by atoms with Gasteiger partial charge in [-0.1, -0.05) is 91.0 Å². The summed E-state index contributed by atoms with van der Waals surface area (Å²) in [7, 11) is 0. The first-order chi connectivity index (χ1) is 19.7. The molecule has 0 spiro atoms. The maximum atomic E-state index is 4.44. The van der Waals surface area contributed by atoms with Gasteiger partial charge in [0, 0.05) is 30.4 Å². The molecular weight excluding hydrogens is 484 g/mol. The van der Waals surface area contributed by atoms with Crippen molar-refractivity contribution in [1.29, 1.82) is 0 Å². The van der Waals surface area contributed by atoms with Crippen molar-refractivity contribution in [3.05, 3.63) is 145 Å². The van der Waals surface area contributed by atoms with Crippen molar-refractivity contribution in [3.63, 3.8) is 0 Å². The maximum absolute atomic E-state index is 4.44. The van der Waals surface area contributed by atoms with E-state index in [1.807, 2.05) is 24.8 Å². The third-order valence-electron chi connectivity index (χ3n) is 7.80. The Bertz CT molecular complexity index is 1960. The van der Waals surface area contributed by atoms with Gasteiger partial charge < -0.3 is 0 Å². The number of aryl methyl sites for hydroxylation is 2. The Morgan fingerprint density at radius 3 is 1.65 bits per heavy atom. The highest BCUT2D eigenvalue weighted by molar-refractivity contribution is 6.21. The second-order valence-electron chi connectivity index (χ2n) is 10.4. The summed E-state index contributed by atoms with van der Waals surface area (Å²) < 4.78 is 0. The molecule has 7 aromatic rings. The number of fused-ring (bicyclic) bond motifs is 2. The molecule has 2 nitrogen and oxygen atoms in total.